The maximum absolute atomic E-state index is 12.8. The first kappa shape index (κ1) is 27.1. The number of hydrogen-bond acceptors (Lipinski definition) is 5. The van der Waals surface area contributed by atoms with Crippen LogP contribution in [0.25, 0.3) is 33.5 Å². The Bertz CT molecular complexity index is 1590. The summed E-state index contributed by atoms with van der Waals surface area (Å²) in [4.78, 5) is 19.5. The average molecular weight is 537 g/mol. The Morgan fingerprint density at radius 2 is 1.80 bits per heavy atom. The van der Waals surface area contributed by atoms with Crippen LogP contribution < -0.4 is 10.2 Å². The number of imidazole rings is 1. The van der Waals surface area contributed by atoms with Gasteiger partial charge in [-0.05, 0) is 64.6 Å². The highest BCUT2D eigenvalue weighted by atomic mass is 16.2. The number of H-pyrrole nitrogens is 1. The van der Waals surface area contributed by atoms with Gasteiger partial charge in [0.15, 0.2) is 5.82 Å². The lowest BCUT2D eigenvalue weighted by Gasteiger charge is -2.19. The zero-order valence-electron chi connectivity index (χ0n) is 23.6. The van der Waals surface area contributed by atoms with Crippen molar-refractivity contribution in [3.05, 3.63) is 77.6 Å². The van der Waals surface area contributed by atoms with Gasteiger partial charge in [-0.2, -0.15) is 0 Å². The van der Waals surface area contributed by atoms with Gasteiger partial charge in [-0.25, -0.2) is 14.9 Å². The summed E-state index contributed by atoms with van der Waals surface area (Å²) in [6.45, 7) is 7.72. The fraction of sp³-hybridized carbons (Fsp3) is 0.323. The van der Waals surface area contributed by atoms with E-state index in [2.05, 4.69) is 87.7 Å². The fourth-order valence-corrected chi connectivity index (χ4v) is 5.00. The molecule has 40 heavy (non-hydrogen) atoms. The van der Waals surface area contributed by atoms with E-state index in [0.29, 0.717) is 18.9 Å². The number of aromatic amines is 1. The number of hydrogen-bond donors (Lipinski definition) is 2. The summed E-state index contributed by atoms with van der Waals surface area (Å²) < 4.78 is 2.29. The predicted octanol–water partition coefficient (Wildman–Crippen LogP) is 6.14. The molecule has 0 aliphatic carbocycles. The van der Waals surface area contributed by atoms with Gasteiger partial charge in [-0.1, -0.05) is 68.8 Å². The number of aryl methyl sites for hydroxylation is 2. The highest BCUT2D eigenvalue weighted by molar-refractivity contribution is 5.94. The molecule has 9 heteroatoms. The lowest BCUT2D eigenvalue weighted by molar-refractivity contribution is 0.247. The Morgan fingerprint density at radius 1 is 1.02 bits per heavy atom. The molecule has 0 saturated carbocycles. The lowest BCUT2D eigenvalue weighted by Crippen LogP contribution is -2.37. The molecule has 0 aliphatic rings. The average Bonchev–Trinajstić information content (AvgIpc) is 3.63. The van der Waals surface area contributed by atoms with Crippen molar-refractivity contribution in [1.82, 2.24) is 35.5 Å². The van der Waals surface area contributed by atoms with Crippen LogP contribution in [0.3, 0.4) is 0 Å². The maximum Gasteiger partial charge on any atom is 0.321 e. The van der Waals surface area contributed by atoms with E-state index in [1.807, 2.05) is 31.3 Å². The molecule has 0 fully saturated rings. The molecule has 3 aromatic carbocycles. The second-order valence-electron chi connectivity index (χ2n) is 10.1. The number of anilines is 1. The van der Waals surface area contributed by atoms with Crippen molar-refractivity contribution in [1.29, 1.82) is 0 Å². The third-order valence-corrected chi connectivity index (χ3v) is 7.21. The van der Waals surface area contributed by atoms with Crippen molar-refractivity contribution >= 4 is 22.8 Å². The number of carbonyl (C=O) groups is 1. The molecule has 2 aromatic heterocycles. The number of nitrogens with zero attached hydrogens (tertiary/aromatic N) is 6. The predicted molar refractivity (Wildman–Crippen MR) is 159 cm³/mol. The fourth-order valence-electron chi connectivity index (χ4n) is 5.00. The first-order valence-electron chi connectivity index (χ1n) is 13.9. The van der Waals surface area contributed by atoms with Crippen molar-refractivity contribution in [2.75, 3.05) is 18.5 Å². The number of tetrazole rings is 1. The number of nitrogens with one attached hydrogen (secondary N) is 2. The molecule has 2 heterocycles. The van der Waals surface area contributed by atoms with E-state index >= 15 is 0 Å². The molecular formula is C31H36N8O. The van der Waals surface area contributed by atoms with Crippen LogP contribution in [0.5, 0.6) is 0 Å². The first-order valence-corrected chi connectivity index (χ1v) is 13.9. The van der Waals surface area contributed by atoms with Gasteiger partial charge < -0.3 is 9.88 Å². The third kappa shape index (κ3) is 5.59. The van der Waals surface area contributed by atoms with Gasteiger partial charge in [0.1, 0.15) is 5.82 Å². The number of urea groups is 1. The van der Waals surface area contributed by atoms with Crippen molar-refractivity contribution < 1.29 is 4.79 Å². The maximum atomic E-state index is 12.8. The molecule has 206 valence electrons. The molecule has 5 aromatic rings. The molecular weight excluding hydrogens is 500 g/mol. The van der Waals surface area contributed by atoms with Crippen molar-refractivity contribution in [3.8, 4) is 22.5 Å². The SMILES string of the molecule is CCCCNC(=O)N(C)c1cc(C)c2nc(CCC)n(Cc3ccc(-c4ccccc4-c4nnn[nH]4)cc3)c2c1. The van der Waals surface area contributed by atoms with Gasteiger partial charge in [0.25, 0.3) is 0 Å². The van der Waals surface area contributed by atoms with E-state index in [-0.39, 0.29) is 6.03 Å². The summed E-state index contributed by atoms with van der Waals surface area (Å²) >= 11 is 0. The molecule has 0 aliphatic heterocycles. The van der Waals surface area contributed by atoms with Crippen LogP contribution in [0, 0.1) is 6.92 Å². The molecule has 0 bridgehead atoms. The Balaban J connectivity index is 1.46. The minimum Gasteiger partial charge on any atom is -0.338 e. The highest BCUT2D eigenvalue weighted by Gasteiger charge is 2.18. The van der Waals surface area contributed by atoms with Crippen LogP contribution in [-0.2, 0) is 13.0 Å². The van der Waals surface area contributed by atoms with Crippen LogP contribution in [0.15, 0.2) is 60.7 Å². The zero-order chi connectivity index (χ0) is 28.1. The largest absolute Gasteiger partial charge is 0.338 e. The summed E-state index contributed by atoms with van der Waals surface area (Å²) in [5.74, 6) is 1.70. The summed E-state index contributed by atoms with van der Waals surface area (Å²) in [5.41, 5.74) is 8.23. The Hall–Kier alpha value is -4.53. The Labute approximate surface area is 234 Å². The van der Waals surface area contributed by atoms with Crippen LogP contribution >= 0.6 is 0 Å². The van der Waals surface area contributed by atoms with E-state index < -0.39 is 0 Å². The van der Waals surface area contributed by atoms with Crippen molar-refractivity contribution in [2.24, 2.45) is 0 Å². The van der Waals surface area contributed by atoms with Gasteiger partial charge in [0.05, 0.1) is 11.0 Å². The number of rotatable bonds is 10. The van der Waals surface area contributed by atoms with Crippen LogP contribution in [0.2, 0.25) is 0 Å². The molecule has 5 rings (SSSR count). The van der Waals surface area contributed by atoms with E-state index in [1.54, 1.807) is 4.90 Å². The van der Waals surface area contributed by atoms with E-state index in [1.165, 1.54) is 5.56 Å². The summed E-state index contributed by atoms with van der Waals surface area (Å²) in [6.07, 6.45) is 3.89. The van der Waals surface area contributed by atoms with Gasteiger partial charge >= 0.3 is 6.03 Å². The number of carbonyl (C=O) groups excluding carboxylic acids is 1. The number of amides is 2. The molecule has 0 radical (unpaired) electrons. The highest BCUT2D eigenvalue weighted by Crippen LogP contribution is 2.31. The first-order chi connectivity index (χ1) is 19.5. The Morgan fingerprint density at radius 3 is 2.50 bits per heavy atom. The van der Waals surface area contributed by atoms with Crippen molar-refractivity contribution in [2.45, 2.75) is 53.0 Å². The second kappa shape index (κ2) is 12.1. The smallest absolute Gasteiger partial charge is 0.321 e. The number of fused-ring (bicyclic) bond motifs is 1. The number of unbranched alkanes of at least 4 members (excludes halogenated alkanes) is 1. The van der Waals surface area contributed by atoms with Gasteiger partial charge in [-0.15, -0.1) is 5.10 Å². The standard InChI is InChI=1S/C31H36N8O/c1-5-7-17-32-31(40)38(4)24-18-21(3)29-27(19-24)39(28(33-29)10-6-2)20-22-13-15-23(16-14-22)25-11-8-9-12-26(25)30-34-36-37-35-30/h8-9,11-16,18-19H,5-7,10,17,20H2,1-4H3,(H,32,40)(H,34,35,36,37). The van der Waals surface area contributed by atoms with E-state index in [4.69, 9.17) is 4.98 Å². The van der Waals surface area contributed by atoms with Crippen LogP contribution in [0.4, 0.5) is 10.5 Å². The lowest BCUT2D eigenvalue weighted by atomic mass is 9.98. The molecule has 0 saturated heterocycles. The van der Waals surface area contributed by atoms with Gasteiger partial charge in [0.2, 0.25) is 0 Å². The monoisotopic (exact) mass is 536 g/mol. The summed E-state index contributed by atoms with van der Waals surface area (Å²) in [6, 6.07) is 20.7. The Kier molecular flexibility index (Phi) is 8.19. The van der Waals surface area contributed by atoms with E-state index in [9.17, 15) is 4.79 Å². The molecule has 2 N–H and O–H groups in total. The molecule has 0 unspecified atom stereocenters. The van der Waals surface area contributed by atoms with Crippen LogP contribution in [-0.4, -0.2) is 49.8 Å². The summed E-state index contributed by atoms with van der Waals surface area (Å²) in [5, 5.41) is 17.4. The van der Waals surface area contributed by atoms with Crippen LogP contribution in [0.1, 0.15) is 50.1 Å². The normalized spacial score (nSPS) is 11.2. The quantitative estimate of drug-likeness (QED) is 0.209. The third-order valence-electron chi connectivity index (χ3n) is 7.21. The van der Waals surface area contributed by atoms with E-state index in [0.717, 1.165) is 70.5 Å². The van der Waals surface area contributed by atoms with Crippen molar-refractivity contribution in [3.63, 3.8) is 0 Å². The summed E-state index contributed by atoms with van der Waals surface area (Å²) in [7, 11) is 1.82. The van der Waals surface area contributed by atoms with Gasteiger partial charge in [-0.3, -0.25) is 4.90 Å². The number of benzene rings is 3. The molecule has 0 spiro atoms. The molecule has 9 nitrogen and oxygen atoms in total. The zero-order valence-corrected chi connectivity index (χ0v) is 23.6. The molecule has 0 atom stereocenters. The number of aromatic nitrogens is 6. The second-order valence-corrected chi connectivity index (χ2v) is 10.1. The molecule has 2 amide bonds. The minimum atomic E-state index is -0.0935. The topological polar surface area (TPSA) is 105 Å². The minimum absolute atomic E-state index is 0.0935. The van der Waals surface area contributed by atoms with Gasteiger partial charge in [0, 0.05) is 37.8 Å².